The Kier molecular flexibility index (Phi) is 8.63. The van der Waals surface area contributed by atoms with Gasteiger partial charge in [-0.2, -0.15) is 9.78 Å². The van der Waals surface area contributed by atoms with E-state index < -0.39 is 23.9 Å². The minimum absolute atomic E-state index is 0.0492. The molecule has 4 aromatic carbocycles. The molecule has 9 nitrogen and oxygen atoms in total. The number of ether oxygens (including phenoxy) is 2. The minimum Gasteiger partial charge on any atom is -0.490 e. The van der Waals surface area contributed by atoms with Crippen molar-refractivity contribution in [2.75, 3.05) is 18.5 Å². The molecule has 226 valence electrons. The summed E-state index contributed by atoms with van der Waals surface area (Å²) in [4.78, 5) is 30.8. The van der Waals surface area contributed by atoms with Crippen LogP contribution in [0.4, 0.5) is 10.1 Å². The van der Waals surface area contributed by atoms with Gasteiger partial charge in [-0.25, -0.2) is 9.37 Å². The van der Waals surface area contributed by atoms with Crippen LogP contribution in [0.3, 0.4) is 0 Å². The number of benzene rings is 4. The predicted molar refractivity (Wildman–Crippen MR) is 175 cm³/mol. The molecule has 2 heterocycles. The number of para-hydroxylation sites is 2. The molecule has 6 rings (SSSR count). The molecule has 2 aromatic heterocycles. The number of nitrogens with zero attached hydrogens (tertiary/aromatic N) is 3. The second-order valence-corrected chi connectivity index (χ2v) is 11.0. The number of aromatic nitrogens is 2. The van der Waals surface area contributed by atoms with Crippen molar-refractivity contribution in [3.8, 4) is 23.1 Å². The lowest BCUT2D eigenvalue weighted by Crippen LogP contribution is -2.21. The largest absolute Gasteiger partial charge is 0.490 e. The van der Waals surface area contributed by atoms with Crippen LogP contribution in [-0.4, -0.2) is 35.0 Å². The van der Waals surface area contributed by atoms with Crippen LogP contribution in [0.2, 0.25) is 5.02 Å². The third kappa shape index (κ3) is 6.45. The van der Waals surface area contributed by atoms with Gasteiger partial charge in [0.15, 0.2) is 23.9 Å². The maximum atomic E-state index is 13.9. The molecular formula is C33H23BrClFN4O5. The van der Waals surface area contributed by atoms with Crippen LogP contribution in [0.1, 0.15) is 12.5 Å². The zero-order valence-electron chi connectivity index (χ0n) is 23.6. The van der Waals surface area contributed by atoms with Crippen molar-refractivity contribution in [3.63, 3.8) is 0 Å². The summed E-state index contributed by atoms with van der Waals surface area (Å²) in [7, 11) is 0. The summed E-state index contributed by atoms with van der Waals surface area (Å²) in [6, 6.07) is 23.1. The van der Waals surface area contributed by atoms with E-state index in [2.05, 4.69) is 26.3 Å². The quantitative estimate of drug-likeness (QED) is 0.156. The smallest absolute Gasteiger partial charge is 0.282 e. The summed E-state index contributed by atoms with van der Waals surface area (Å²) in [5.41, 5.74) is 1.27. The molecule has 0 unspecified atom stereocenters. The van der Waals surface area contributed by atoms with Crippen molar-refractivity contribution in [2.24, 2.45) is 5.10 Å². The molecule has 12 heteroatoms. The summed E-state index contributed by atoms with van der Waals surface area (Å²) in [6.07, 6.45) is 1.47. The lowest BCUT2D eigenvalue weighted by atomic mass is 10.2. The Morgan fingerprint density at radius 1 is 1.07 bits per heavy atom. The molecule has 0 aliphatic heterocycles. The average molecular weight is 690 g/mol. The van der Waals surface area contributed by atoms with Gasteiger partial charge in [0.2, 0.25) is 5.82 Å². The Balaban J connectivity index is 1.34. The highest BCUT2D eigenvalue weighted by molar-refractivity contribution is 9.10. The van der Waals surface area contributed by atoms with Crippen LogP contribution in [0.5, 0.6) is 11.5 Å². The van der Waals surface area contributed by atoms with E-state index in [4.69, 9.17) is 30.5 Å². The molecule has 0 saturated heterocycles. The predicted octanol–water partition coefficient (Wildman–Crippen LogP) is 7.66. The van der Waals surface area contributed by atoms with Crippen LogP contribution >= 0.6 is 27.5 Å². The average Bonchev–Trinajstić information content (AvgIpc) is 3.45. The number of furan rings is 1. The standard InChI is InChI=1S/C33H23BrClFN4O5/c1-2-43-28-15-20(23(34)16-29(28)44-18-31(41)38-26-10-6-4-8-24(26)36)17-37-40-32(39-25-9-5-3-7-22(25)33(40)42)30-14-19-13-21(35)11-12-27(19)45-30/h3-17H,2,18H2,1H3,(H,38,41). The topological polar surface area (TPSA) is 108 Å². The van der Waals surface area contributed by atoms with Crippen molar-refractivity contribution < 1.29 is 23.1 Å². The second-order valence-electron chi connectivity index (χ2n) is 9.68. The molecule has 0 fully saturated rings. The Hall–Kier alpha value is -5.00. The summed E-state index contributed by atoms with van der Waals surface area (Å²) < 4.78 is 33.2. The van der Waals surface area contributed by atoms with Crippen molar-refractivity contribution >= 4 is 67.2 Å². The first-order chi connectivity index (χ1) is 21.8. The molecule has 0 bridgehead atoms. The Morgan fingerprint density at radius 2 is 1.84 bits per heavy atom. The SMILES string of the molecule is CCOc1cc(C=Nn2c(-c3cc4cc(Cl)ccc4o3)nc3ccccc3c2=O)c(Br)cc1OCC(=O)Nc1ccccc1F. The molecule has 0 saturated carbocycles. The van der Waals surface area contributed by atoms with E-state index in [0.717, 1.165) is 5.39 Å². The molecule has 0 aliphatic carbocycles. The van der Waals surface area contributed by atoms with Crippen LogP contribution in [0.25, 0.3) is 33.5 Å². The van der Waals surface area contributed by atoms with E-state index in [1.54, 1.807) is 73.7 Å². The van der Waals surface area contributed by atoms with E-state index in [-0.39, 0.29) is 17.3 Å². The van der Waals surface area contributed by atoms with Crippen LogP contribution in [0, 0.1) is 5.82 Å². The lowest BCUT2D eigenvalue weighted by molar-refractivity contribution is -0.118. The molecule has 1 amide bonds. The normalized spacial score (nSPS) is 11.4. The van der Waals surface area contributed by atoms with E-state index in [1.165, 1.54) is 29.1 Å². The molecular weight excluding hydrogens is 667 g/mol. The third-order valence-electron chi connectivity index (χ3n) is 6.63. The monoisotopic (exact) mass is 688 g/mol. The number of carbonyl (C=O) groups is 1. The highest BCUT2D eigenvalue weighted by atomic mass is 79.9. The summed E-state index contributed by atoms with van der Waals surface area (Å²) >= 11 is 9.68. The van der Waals surface area contributed by atoms with Crippen molar-refractivity contribution in [1.29, 1.82) is 0 Å². The number of carbonyl (C=O) groups excluding carboxylic acids is 1. The summed E-state index contributed by atoms with van der Waals surface area (Å²) in [5, 5.41) is 8.67. The molecule has 45 heavy (non-hydrogen) atoms. The van der Waals surface area contributed by atoms with Gasteiger partial charge in [0.1, 0.15) is 11.4 Å². The van der Waals surface area contributed by atoms with Gasteiger partial charge in [0.25, 0.3) is 11.5 Å². The van der Waals surface area contributed by atoms with E-state index >= 15 is 0 Å². The van der Waals surface area contributed by atoms with Gasteiger partial charge in [0.05, 0.1) is 29.4 Å². The van der Waals surface area contributed by atoms with Gasteiger partial charge in [0, 0.05) is 20.4 Å². The maximum absolute atomic E-state index is 13.9. The van der Waals surface area contributed by atoms with Crippen molar-refractivity contribution in [1.82, 2.24) is 9.66 Å². The van der Waals surface area contributed by atoms with E-state index in [9.17, 15) is 14.0 Å². The van der Waals surface area contributed by atoms with Crippen LogP contribution in [0.15, 0.2) is 104 Å². The Morgan fingerprint density at radius 3 is 2.67 bits per heavy atom. The number of rotatable bonds is 9. The third-order valence-corrected chi connectivity index (χ3v) is 7.56. The number of nitrogens with one attached hydrogen (secondary N) is 1. The lowest BCUT2D eigenvalue weighted by Gasteiger charge is -2.14. The highest BCUT2D eigenvalue weighted by Gasteiger charge is 2.18. The van der Waals surface area contributed by atoms with Gasteiger partial charge in [-0.1, -0.05) is 35.9 Å². The number of amides is 1. The highest BCUT2D eigenvalue weighted by Crippen LogP contribution is 2.34. The van der Waals surface area contributed by atoms with Crippen LogP contribution < -0.4 is 20.3 Å². The van der Waals surface area contributed by atoms with Crippen LogP contribution in [-0.2, 0) is 4.79 Å². The maximum Gasteiger partial charge on any atom is 0.282 e. The zero-order chi connectivity index (χ0) is 31.5. The fourth-order valence-corrected chi connectivity index (χ4v) is 5.16. The number of anilines is 1. The molecule has 0 atom stereocenters. The number of fused-ring (bicyclic) bond motifs is 2. The Bertz CT molecular complexity index is 2160. The summed E-state index contributed by atoms with van der Waals surface area (Å²) in [6.45, 7) is 1.72. The first kappa shape index (κ1) is 30.0. The van der Waals surface area contributed by atoms with Crippen molar-refractivity contribution in [2.45, 2.75) is 6.92 Å². The number of hydrogen-bond donors (Lipinski definition) is 1. The fourth-order valence-electron chi connectivity index (χ4n) is 4.56. The van der Waals surface area contributed by atoms with Gasteiger partial charge in [-0.05, 0) is 83.5 Å². The number of hydrogen-bond acceptors (Lipinski definition) is 7. The van der Waals surface area contributed by atoms with E-state index in [1.807, 2.05) is 0 Å². The first-order valence-corrected chi connectivity index (χ1v) is 14.9. The van der Waals surface area contributed by atoms with Gasteiger partial charge in [-0.15, -0.1) is 0 Å². The molecule has 1 N–H and O–H groups in total. The van der Waals surface area contributed by atoms with Crippen molar-refractivity contribution in [3.05, 3.63) is 116 Å². The molecule has 0 radical (unpaired) electrons. The second kappa shape index (κ2) is 12.9. The van der Waals surface area contributed by atoms with Gasteiger partial charge >= 0.3 is 0 Å². The van der Waals surface area contributed by atoms with Gasteiger partial charge < -0.3 is 19.2 Å². The van der Waals surface area contributed by atoms with E-state index in [0.29, 0.717) is 49.7 Å². The fraction of sp³-hybridized carbons (Fsp3) is 0.0909. The summed E-state index contributed by atoms with van der Waals surface area (Å²) in [5.74, 6) is 0.0339. The first-order valence-electron chi connectivity index (χ1n) is 13.7. The molecule has 0 spiro atoms. The number of halogens is 3. The minimum atomic E-state index is -0.555. The zero-order valence-corrected chi connectivity index (χ0v) is 25.9. The molecule has 6 aromatic rings. The Labute approximate surface area is 269 Å². The molecule has 0 aliphatic rings. The van der Waals surface area contributed by atoms with Gasteiger partial charge in [-0.3, -0.25) is 9.59 Å².